The van der Waals surface area contributed by atoms with E-state index in [9.17, 15) is 9.00 Å². The Bertz CT molecular complexity index is 656. The van der Waals surface area contributed by atoms with E-state index in [1.165, 1.54) is 0 Å². The highest BCUT2D eigenvalue weighted by Gasteiger charge is 2.05. The number of carbonyl (C=O) groups is 1. The zero-order chi connectivity index (χ0) is 15.9. The third-order valence-electron chi connectivity index (χ3n) is 2.92. The molecule has 0 aliphatic heterocycles. The first-order valence-electron chi connectivity index (χ1n) is 6.66. The largest absolute Gasteiger partial charge is 0.492 e. The zero-order valence-electron chi connectivity index (χ0n) is 12.0. The van der Waals surface area contributed by atoms with Gasteiger partial charge in [0.2, 0.25) is 0 Å². The quantitative estimate of drug-likeness (QED) is 0.825. The summed E-state index contributed by atoms with van der Waals surface area (Å²) in [6, 6.07) is 13.7. The maximum Gasteiger partial charge on any atom is 0.251 e. The Labute approximate surface area is 136 Å². The van der Waals surface area contributed by atoms with Gasteiger partial charge in [-0.3, -0.25) is 9.00 Å². The van der Waals surface area contributed by atoms with Gasteiger partial charge in [-0.2, -0.15) is 0 Å². The molecule has 22 heavy (non-hydrogen) atoms. The van der Waals surface area contributed by atoms with E-state index in [4.69, 9.17) is 16.3 Å². The molecule has 2 aromatic carbocycles. The summed E-state index contributed by atoms with van der Waals surface area (Å²) < 4.78 is 16.8. The Balaban J connectivity index is 1.77. The van der Waals surface area contributed by atoms with E-state index >= 15 is 0 Å². The highest BCUT2D eigenvalue weighted by molar-refractivity contribution is 7.84. The number of carbonyl (C=O) groups excluding carboxylic acids is 1. The van der Waals surface area contributed by atoms with Gasteiger partial charge in [-0.05, 0) is 48.5 Å². The first-order valence-corrected chi connectivity index (χ1v) is 8.60. The number of nitrogens with one attached hydrogen (secondary N) is 1. The molecule has 0 spiro atoms. The van der Waals surface area contributed by atoms with Gasteiger partial charge in [0.25, 0.3) is 5.91 Å². The van der Waals surface area contributed by atoms with Crippen LogP contribution in [0, 0.1) is 0 Å². The number of rotatable bonds is 6. The number of benzene rings is 2. The predicted molar refractivity (Wildman–Crippen MR) is 88.1 cm³/mol. The Hall–Kier alpha value is -1.85. The lowest BCUT2D eigenvalue weighted by Gasteiger charge is -2.08. The third kappa shape index (κ3) is 4.86. The minimum atomic E-state index is -1.04. The fraction of sp³-hybridized carbons (Fsp3) is 0.188. The molecular weight excluding hydrogens is 322 g/mol. The van der Waals surface area contributed by atoms with Crippen molar-refractivity contribution in [1.82, 2.24) is 5.32 Å². The van der Waals surface area contributed by atoms with Crippen molar-refractivity contribution in [3.8, 4) is 5.75 Å². The van der Waals surface area contributed by atoms with E-state index in [0.717, 1.165) is 0 Å². The molecule has 4 nitrogen and oxygen atoms in total. The second-order valence-electron chi connectivity index (χ2n) is 4.54. The zero-order valence-corrected chi connectivity index (χ0v) is 13.6. The summed E-state index contributed by atoms with van der Waals surface area (Å²) in [5.74, 6) is 0.515. The predicted octanol–water partition coefficient (Wildman–Crippen LogP) is 2.89. The van der Waals surface area contributed by atoms with Gasteiger partial charge in [-0.15, -0.1) is 0 Å². The van der Waals surface area contributed by atoms with Crippen molar-refractivity contribution < 1.29 is 13.7 Å². The van der Waals surface area contributed by atoms with E-state index < -0.39 is 10.8 Å². The summed E-state index contributed by atoms with van der Waals surface area (Å²) in [5.41, 5.74) is 0.528. The molecule has 1 amide bonds. The van der Waals surface area contributed by atoms with E-state index in [-0.39, 0.29) is 5.91 Å². The summed E-state index contributed by atoms with van der Waals surface area (Å²) >= 11 is 5.78. The molecule has 2 aromatic rings. The molecule has 0 aromatic heterocycles. The molecule has 0 aliphatic carbocycles. The van der Waals surface area contributed by atoms with Gasteiger partial charge in [-0.1, -0.05) is 11.6 Å². The molecule has 1 atom stereocenters. The molecule has 0 radical (unpaired) electrons. The second kappa shape index (κ2) is 7.96. The first kappa shape index (κ1) is 16.5. The number of ether oxygens (including phenoxy) is 1. The van der Waals surface area contributed by atoms with Gasteiger partial charge in [-0.25, -0.2) is 0 Å². The average Bonchev–Trinajstić information content (AvgIpc) is 2.53. The van der Waals surface area contributed by atoms with Gasteiger partial charge >= 0.3 is 0 Å². The fourth-order valence-corrected chi connectivity index (χ4v) is 2.41. The summed E-state index contributed by atoms with van der Waals surface area (Å²) in [7, 11) is -1.04. The van der Waals surface area contributed by atoms with Crippen molar-refractivity contribution in [3.05, 3.63) is 59.1 Å². The van der Waals surface area contributed by atoms with Crippen molar-refractivity contribution in [2.45, 2.75) is 4.90 Å². The van der Waals surface area contributed by atoms with Crippen molar-refractivity contribution >= 4 is 28.3 Å². The lowest BCUT2D eigenvalue weighted by Crippen LogP contribution is -2.28. The molecule has 0 saturated carbocycles. The van der Waals surface area contributed by atoms with Gasteiger partial charge in [0.05, 0.1) is 6.54 Å². The summed E-state index contributed by atoms with van der Waals surface area (Å²) in [4.78, 5) is 12.6. The van der Waals surface area contributed by atoms with Crippen molar-refractivity contribution in [3.63, 3.8) is 0 Å². The molecule has 0 fully saturated rings. The lowest BCUT2D eigenvalue weighted by molar-refractivity contribution is 0.0947. The monoisotopic (exact) mass is 337 g/mol. The minimum Gasteiger partial charge on any atom is -0.492 e. The topological polar surface area (TPSA) is 55.4 Å². The van der Waals surface area contributed by atoms with E-state index in [1.807, 2.05) is 0 Å². The maximum atomic E-state index is 11.9. The van der Waals surface area contributed by atoms with E-state index in [1.54, 1.807) is 54.8 Å². The molecule has 116 valence electrons. The molecule has 2 rings (SSSR count). The second-order valence-corrected chi connectivity index (χ2v) is 6.35. The van der Waals surface area contributed by atoms with Crippen LogP contribution in [0.1, 0.15) is 10.4 Å². The van der Waals surface area contributed by atoms with Crippen LogP contribution in [0.15, 0.2) is 53.4 Å². The highest BCUT2D eigenvalue weighted by Crippen LogP contribution is 2.15. The van der Waals surface area contributed by atoms with Gasteiger partial charge in [0.1, 0.15) is 12.4 Å². The summed E-state index contributed by atoms with van der Waals surface area (Å²) in [6.07, 6.45) is 1.60. The van der Waals surface area contributed by atoms with Crippen molar-refractivity contribution in [2.75, 3.05) is 19.4 Å². The van der Waals surface area contributed by atoms with E-state index in [2.05, 4.69) is 5.32 Å². The Morgan fingerprint density at radius 3 is 2.36 bits per heavy atom. The Morgan fingerprint density at radius 2 is 1.77 bits per heavy atom. The number of hydrogen-bond donors (Lipinski definition) is 1. The summed E-state index contributed by atoms with van der Waals surface area (Å²) in [5, 5.41) is 3.41. The summed E-state index contributed by atoms with van der Waals surface area (Å²) in [6.45, 7) is 0.757. The maximum absolute atomic E-state index is 11.9. The van der Waals surface area contributed by atoms with Crippen molar-refractivity contribution in [1.29, 1.82) is 0 Å². The lowest BCUT2D eigenvalue weighted by atomic mass is 10.2. The van der Waals surface area contributed by atoms with Crippen LogP contribution in [-0.2, 0) is 10.8 Å². The minimum absolute atomic E-state index is 0.187. The van der Waals surface area contributed by atoms with Gasteiger partial charge in [0.15, 0.2) is 0 Å². The van der Waals surface area contributed by atoms with Gasteiger partial charge < -0.3 is 10.1 Å². The fourth-order valence-electron chi connectivity index (χ4n) is 1.76. The Kier molecular flexibility index (Phi) is 5.98. The SMILES string of the molecule is CS(=O)c1ccc(C(=O)NCCOc2ccc(Cl)cc2)cc1. The van der Waals surface area contributed by atoms with Crippen LogP contribution in [0.5, 0.6) is 5.75 Å². The highest BCUT2D eigenvalue weighted by atomic mass is 35.5. The van der Waals surface area contributed by atoms with Crippen LogP contribution in [0.4, 0.5) is 0 Å². The van der Waals surface area contributed by atoms with Crippen LogP contribution in [-0.4, -0.2) is 29.5 Å². The van der Waals surface area contributed by atoms with Crippen molar-refractivity contribution in [2.24, 2.45) is 0 Å². The smallest absolute Gasteiger partial charge is 0.251 e. The van der Waals surface area contributed by atoms with Crippen LogP contribution < -0.4 is 10.1 Å². The number of amides is 1. The van der Waals surface area contributed by atoms with Crippen LogP contribution in [0.2, 0.25) is 5.02 Å². The molecule has 0 aliphatic rings. The Morgan fingerprint density at radius 1 is 1.14 bits per heavy atom. The number of halogens is 1. The third-order valence-corrected chi connectivity index (χ3v) is 4.11. The first-order chi connectivity index (χ1) is 10.6. The van der Waals surface area contributed by atoms with Gasteiger partial charge in [0, 0.05) is 32.5 Å². The molecule has 0 saturated heterocycles. The standard InChI is InChI=1S/C16H16ClNO3S/c1-22(20)15-8-2-12(3-9-15)16(19)18-10-11-21-14-6-4-13(17)5-7-14/h2-9H,10-11H2,1H3,(H,18,19). The molecule has 0 bridgehead atoms. The normalized spacial score (nSPS) is 11.7. The molecule has 6 heteroatoms. The molecular formula is C16H16ClNO3S. The molecule has 1 N–H and O–H groups in total. The van der Waals surface area contributed by atoms with E-state index in [0.29, 0.717) is 34.4 Å². The van der Waals surface area contributed by atoms with Crippen LogP contribution in [0.25, 0.3) is 0 Å². The van der Waals surface area contributed by atoms with Crippen LogP contribution in [0.3, 0.4) is 0 Å². The molecule has 1 unspecified atom stereocenters. The molecule has 0 heterocycles. The average molecular weight is 338 g/mol. The van der Waals surface area contributed by atoms with Crippen LogP contribution >= 0.6 is 11.6 Å². The number of hydrogen-bond acceptors (Lipinski definition) is 3.